The smallest absolute Gasteiger partial charge is 0.168 e. The highest BCUT2D eigenvalue weighted by atomic mass is 79.9. The zero-order valence-electron chi connectivity index (χ0n) is 8.95. The van der Waals surface area contributed by atoms with E-state index < -0.39 is 0 Å². The lowest BCUT2D eigenvalue weighted by molar-refractivity contribution is -0.114. The summed E-state index contributed by atoms with van der Waals surface area (Å²) in [4.78, 5) is 11.9. The van der Waals surface area contributed by atoms with Crippen molar-refractivity contribution in [3.8, 4) is 0 Å². The Bertz CT molecular complexity index is 429. The average Bonchev–Trinajstić information content (AvgIpc) is 2.26. The van der Waals surface area contributed by atoms with Crippen molar-refractivity contribution in [1.82, 2.24) is 0 Å². The molecule has 0 radical (unpaired) electrons. The van der Waals surface area contributed by atoms with Gasteiger partial charge in [-0.1, -0.05) is 71.6 Å². The molecule has 0 bridgehead atoms. The van der Waals surface area contributed by atoms with Crippen LogP contribution in [-0.2, 0) is 11.2 Å². The van der Waals surface area contributed by atoms with Crippen molar-refractivity contribution in [3.63, 3.8) is 0 Å². The molecule has 0 amide bonds. The van der Waals surface area contributed by atoms with E-state index in [9.17, 15) is 4.79 Å². The predicted octanol–water partition coefficient (Wildman–Crippen LogP) is 3.82. The highest BCUT2D eigenvalue weighted by Gasteiger charge is 2.10. The fourth-order valence-electron chi connectivity index (χ4n) is 1.33. The Labute approximate surface area is 104 Å². The predicted molar refractivity (Wildman–Crippen MR) is 71.5 cm³/mol. The van der Waals surface area contributed by atoms with Crippen molar-refractivity contribution in [2.75, 3.05) is 0 Å². The molecule has 0 fully saturated rings. The number of Topliss-reactive ketones (excluding diaryl/α,β-unsaturated/α-hetero) is 1. The summed E-state index contributed by atoms with van der Waals surface area (Å²) < 4.78 is 0.591. The molecule has 0 aliphatic heterocycles. The third kappa shape index (κ3) is 3.63. The summed E-state index contributed by atoms with van der Waals surface area (Å²) >= 11 is 3.22. The van der Waals surface area contributed by atoms with Gasteiger partial charge in [-0.05, 0) is 5.56 Å². The molecule has 0 heterocycles. The number of hydrogen-bond donors (Lipinski definition) is 0. The Hall–Kier alpha value is -1.41. The van der Waals surface area contributed by atoms with Gasteiger partial charge in [0.15, 0.2) is 5.78 Å². The van der Waals surface area contributed by atoms with E-state index in [0.29, 0.717) is 16.5 Å². The number of carbonyl (C=O) groups is 1. The topological polar surface area (TPSA) is 17.1 Å². The third-order valence-corrected chi connectivity index (χ3v) is 2.51. The van der Waals surface area contributed by atoms with E-state index in [1.165, 1.54) is 0 Å². The van der Waals surface area contributed by atoms with Crippen LogP contribution in [0.2, 0.25) is 0 Å². The monoisotopic (exact) mass is 276 g/mol. The third-order valence-electron chi connectivity index (χ3n) is 2.08. The maximum atomic E-state index is 11.9. The zero-order chi connectivity index (χ0) is 12.0. The van der Waals surface area contributed by atoms with Gasteiger partial charge in [0.05, 0.1) is 0 Å². The zero-order valence-corrected chi connectivity index (χ0v) is 10.5. The van der Waals surface area contributed by atoms with Crippen molar-refractivity contribution in [3.05, 3.63) is 71.3 Å². The van der Waals surface area contributed by atoms with Crippen molar-refractivity contribution in [1.29, 1.82) is 0 Å². The Morgan fingerprint density at radius 3 is 2.44 bits per heavy atom. The van der Waals surface area contributed by atoms with Crippen molar-refractivity contribution in [2.24, 2.45) is 0 Å². The molecule has 0 spiro atoms. The lowest BCUT2D eigenvalue weighted by Gasteiger charge is -2.04. The van der Waals surface area contributed by atoms with Crippen LogP contribution in [0.3, 0.4) is 0 Å². The van der Waals surface area contributed by atoms with Gasteiger partial charge in [-0.3, -0.25) is 4.79 Å². The van der Waals surface area contributed by atoms with Crippen LogP contribution in [0.15, 0.2) is 65.7 Å². The van der Waals surface area contributed by atoms with Gasteiger partial charge in [0, 0.05) is 16.5 Å². The molecule has 0 atom stereocenters. The quantitative estimate of drug-likeness (QED) is 0.590. The molecular weight excluding hydrogens is 264 g/mol. The summed E-state index contributed by atoms with van der Waals surface area (Å²) in [5.74, 6) is 0.0352. The fraction of sp³-hybridized carbons (Fsp3) is 0.0714. The van der Waals surface area contributed by atoms with E-state index in [4.69, 9.17) is 0 Å². The molecule has 0 N–H and O–H groups in total. The average molecular weight is 277 g/mol. The number of halogens is 1. The minimum atomic E-state index is 0.0352. The van der Waals surface area contributed by atoms with E-state index in [1.807, 2.05) is 30.3 Å². The summed E-state index contributed by atoms with van der Waals surface area (Å²) in [5, 5.41) is 0. The summed E-state index contributed by atoms with van der Waals surface area (Å²) in [6, 6.07) is 9.63. The second kappa shape index (κ2) is 6.23. The van der Waals surface area contributed by atoms with Crippen LogP contribution >= 0.6 is 15.9 Å². The van der Waals surface area contributed by atoms with E-state index in [-0.39, 0.29) is 5.78 Å². The number of ketones is 1. The first-order valence-corrected chi connectivity index (χ1v) is 5.69. The van der Waals surface area contributed by atoms with Gasteiger partial charge in [-0.25, -0.2) is 0 Å². The molecule has 2 heteroatoms. The fourth-order valence-corrected chi connectivity index (χ4v) is 1.68. The van der Waals surface area contributed by atoms with Gasteiger partial charge >= 0.3 is 0 Å². The molecule has 0 aliphatic rings. The Morgan fingerprint density at radius 2 is 1.94 bits per heavy atom. The number of allylic oxidation sites excluding steroid dienone is 4. The Balaban J connectivity index is 2.82. The standard InChI is InChI=1S/C14H13BrO/c1-3-7-13(11(2)15)14(16)10-12-8-5-4-6-9-12/h3-9H,1-2,10H2/b13-7+. The first kappa shape index (κ1) is 12.7. The maximum Gasteiger partial charge on any atom is 0.168 e. The minimum Gasteiger partial charge on any atom is -0.294 e. The number of benzene rings is 1. The molecular formula is C14H13BrO. The summed E-state index contributed by atoms with van der Waals surface area (Å²) in [5.41, 5.74) is 1.56. The number of rotatable bonds is 5. The molecule has 1 aromatic rings. The molecule has 0 saturated carbocycles. The molecule has 1 rings (SSSR count). The molecule has 82 valence electrons. The van der Waals surface area contributed by atoms with Crippen LogP contribution in [0.5, 0.6) is 0 Å². The maximum absolute atomic E-state index is 11.9. The van der Waals surface area contributed by atoms with E-state index in [1.54, 1.807) is 12.2 Å². The van der Waals surface area contributed by atoms with Crippen LogP contribution in [0.1, 0.15) is 5.56 Å². The van der Waals surface area contributed by atoms with Gasteiger partial charge in [0.1, 0.15) is 0 Å². The summed E-state index contributed by atoms with van der Waals surface area (Å²) in [6.07, 6.45) is 3.64. The normalized spacial score (nSPS) is 10.9. The lowest BCUT2D eigenvalue weighted by atomic mass is 10.0. The summed E-state index contributed by atoms with van der Waals surface area (Å²) in [6.45, 7) is 7.30. The SMILES string of the molecule is C=C/C=C(\C(=C)Br)C(=O)Cc1ccccc1. The van der Waals surface area contributed by atoms with Crippen LogP contribution in [0, 0.1) is 0 Å². The van der Waals surface area contributed by atoms with E-state index >= 15 is 0 Å². The van der Waals surface area contributed by atoms with Crippen molar-refractivity contribution < 1.29 is 4.79 Å². The molecule has 0 aromatic heterocycles. The van der Waals surface area contributed by atoms with Gasteiger partial charge in [0.2, 0.25) is 0 Å². The second-order valence-electron chi connectivity index (χ2n) is 3.31. The number of hydrogen-bond acceptors (Lipinski definition) is 1. The van der Waals surface area contributed by atoms with Crippen LogP contribution in [0.4, 0.5) is 0 Å². The van der Waals surface area contributed by atoms with Gasteiger partial charge < -0.3 is 0 Å². The van der Waals surface area contributed by atoms with Gasteiger partial charge in [-0.2, -0.15) is 0 Å². The first-order valence-electron chi connectivity index (χ1n) is 4.89. The molecule has 16 heavy (non-hydrogen) atoms. The highest BCUT2D eigenvalue weighted by molar-refractivity contribution is 9.12. The highest BCUT2D eigenvalue weighted by Crippen LogP contribution is 2.17. The van der Waals surface area contributed by atoms with E-state index in [2.05, 4.69) is 29.1 Å². The van der Waals surface area contributed by atoms with Crippen LogP contribution in [-0.4, -0.2) is 5.78 Å². The molecule has 0 unspecified atom stereocenters. The largest absolute Gasteiger partial charge is 0.294 e. The van der Waals surface area contributed by atoms with Crippen LogP contribution in [0.25, 0.3) is 0 Å². The van der Waals surface area contributed by atoms with Crippen molar-refractivity contribution in [2.45, 2.75) is 6.42 Å². The number of carbonyl (C=O) groups excluding carboxylic acids is 1. The minimum absolute atomic E-state index is 0.0352. The Morgan fingerprint density at radius 1 is 1.31 bits per heavy atom. The lowest BCUT2D eigenvalue weighted by Crippen LogP contribution is -2.06. The second-order valence-corrected chi connectivity index (χ2v) is 4.26. The molecule has 0 saturated heterocycles. The van der Waals surface area contributed by atoms with Gasteiger partial charge in [0.25, 0.3) is 0 Å². The molecule has 1 aromatic carbocycles. The Kier molecular flexibility index (Phi) is 4.93. The van der Waals surface area contributed by atoms with Crippen molar-refractivity contribution >= 4 is 21.7 Å². The van der Waals surface area contributed by atoms with Crippen LogP contribution < -0.4 is 0 Å². The first-order chi connectivity index (χ1) is 7.65. The molecule has 1 nitrogen and oxygen atoms in total. The molecule has 0 aliphatic carbocycles. The summed E-state index contributed by atoms with van der Waals surface area (Å²) in [7, 11) is 0. The van der Waals surface area contributed by atoms with E-state index in [0.717, 1.165) is 5.56 Å². The van der Waals surface area contributed by atoms with Gasteiger partial charge in [-0.15, -0.1) is 0 Å².